The van der Waals surface area contributed by atoms with E-state index >= 15 is 0 Å². The van der Waals surface area contributed by atoms with E-state index in [0.29, 0.717) is 23.0 Å². The first kappa shape index (κ1) is 91.2. The summed E-state index contributed by atoms with van der Waals surface area (Å²) in [5.41, 5.74) is 27.7. The van der Waals surface area contributed by atoms with Crippen molar-refractivity contribution in [3.05, 3.63) is 293 Å². The molecule has 30 heteroatoms. The highest BCUT2D eigenvalue weighted by Gasteiger charge is 2.12. The Balaban J connectivity index is 0.000000185. The van der Waals surface area contributed by atoms with Gasteiger partial charge in [-0.1, -0.05) is 97.5 Å². The molecule has 1 unspecified atom stereocenters. The first-order valence-corrected chi connectivity index (χ1v) is 39.0. The standard InChI is InChI=1S/C12H12N2.C10H13N5.C10H12N4O.C10H11N3.2C10H10N2S.C9H10N4.C9H12N2O.C8H8N2.CH4/c1-13-12-4-2-3-11(9-12)10-5-7-14-8-6-10;1-7-4-8(6-9(5-7)11-2)10-12-13-14-15(10)3;1-11-8-5-3-4-7(6-8)9-13-10(12-2)15-14-9;1-11-9-4-2-3-8(7-9)10-5-6-12-13-10;2*1-11-9-4-2-3-8(5-9)10-6-13-7-12-10;1-10-8-4-2-3-7(5-8)9-11-6-12-13-9;1-10-8-5-3-4-7(6-8)9(12)11-2;1-10-8-4-2-3-7(5-8)6-9;/h2-9,13H,1H3;4-6,11H,1-3H3;3-6,11H,1-2H3,(H,12,13,14);2-7,11H,1H3,(H,12,13);2*2-7,11H,1H3;2-6,9-10H,1H3;3-6,10H,1-2H3,(H,11,12);2-5,10H,1H3;1H4. The summed E-state index contributed by atoms with van der Waals surface area (Å²) in [5, 5.41) is 75.3. The lowest BCUT2D eigenvalue weighted by molar-refractivity contribution is 0.0963. The molecular formula is C89H102N26O2S2. The van der Waals surface area contributed by atoms with Crippen molar-refractivity contribution in [3.63, 3.8) is 0 Å². The average molecular weight is 1630 g/mol. The van der Waals surface area contributed by atoms with Crippen molar-refractivity contribution in [3.8, 4) is 73.7 Å². The molecule has 0 saturated heterocycles. The third-order valence-electron chi connectivity index (χ3n) is 17.0. The largest absolute Gasteiger partial charge is 0.388 e. The second-order valence-corrected chi connectivity index (χ2v) is 26.3. The quantitative estimate of drug-likeness (QED) is 0.0380. The van der Waals surface area contributed by atoms with Crippen LogP contribution in [-0.4, -0.2) is 145 Å². The van der Waals surface area contributed by atoms with Crippen LogP contribution in [0.25, 0.3) is 67.7 Å². The van der Waals surface area contributed by atoms with Crippen molar-refractivity contribution in [1.29, 1.82) is 5.26 Å². The molecule has 9 aromatic carbocycles. The van der Waals surface area contributed by atoms with Crippen LogP contribution in [0.1, 0.15) is 40.6 Å². The number of hydrogen-bond acceptors (Lipinski definition) is 27. The highest BCUT2D eigenvalue weighted by atomic mass is 32.1. The van der Waals surface area contributed by atoms with Crippen LogP contribution in [-0.2, 0) is 7.05 Å². The van der Waals surface area contributed by atoms with Gasteiger partial charge in [0.25, 0.3) is 5.91 Å². The maximum atomic E-state index is 11.1. The second-order valence-electron chi connectivity index (χ2n) is 24.8. The predicted molar refractivity (Wildman–Crippen MR) is 493 cm³/mol. The van der Waals surface area contributed by atoms with Crippen LogP contribution in [0.2, 0.25) is 0 Å². The molecule has 1 atom stereocenters. The third kappa shape index (κ3) is 29.8. The number of carbonyl (C=O) groups excluding carboxylic acids is 1. The Hall–Kier alpha value is -15.0. The number of nitriles is 1. The maximum absolute atomic E-state index is 11.1. The monoisotopic (exact) mass is 1630 g/mol. The Morgan fingerprint density at radius 2 is 0.966 bits per heavy atom. The van der Waals surface area contributed by atoms with Crippen molar-refractivity contribution < 1.29 is 9.32 Å². The molecule has 612 valence electrons. The van der Waals surface area contributed by atoms with Gasteiger partial charge in [-0.3, -0.25) is 14.9 Å². The van der Waals surface area contributed by atoms with Crippen molar-refractivity contribution in [2.45, 2.75) is 20.5 Å². The van der Waals surface area contributed by atoms with Crippen LogP contribution in [0.3, 0.4) is 0 Å². The number of aryl methyl sites for hydroxylation is 2. The number of carbonyl (C=O) groups is 1. The van der Waals surface area contributed by atoms with E-state index in [4.69, 9.17) is 9.78 Å². The van der Waals surface area contributed by atoms with Gasteiger partial charge in [0.15, 0.2) is 12.0 Å². The number of anilines is 10. The molecule has 28 nitrogen and oxygen atoms in total. The summed E-state index contributed by atoms with van der Waals surface area (Å²) in [5.74, 6) is 1.29. The number of aromatic nitrogens is 11. The normalized spacial score (nSPS) is 10.7. The van der Waals surface area contributed by atoms with Crippen molar-refractivity contribution in [1.82, 2.24) is 60.8 Å². The van der Waals surface area contributed by atoms with Crippen LogP contribution in [0.4, 0.5) is 57.2 Å². The summed E-state index contributed by atoms with van der Waals surface area (Å²) < 4.78 is 6.61. The number of nitrogens with one attached hydrogen (secondary N) is 12. The lowest BCUT2D eigenvalue weighted by Crippen LogP contribution is -2.17. The molecular weight excluding hydrogens is 1530 g/mol. The van der Waals surface area contributed by atoms with Gasteiger partial charge in [0.1, 0.15) is 6.34 Å². The Labute approximate surface area is 703 Å². The summed E-state index contributed by atoms with van der Waals surface area (Å²) in [6, 6.07) is 78.0. The number of azo groups is 1. The van der Waals surface area contributed by atoms with Gasteiger partial charge in [-0.2, -0.15) is 20.5 Å². The number of nitrogens with zero attached hydrogens (tertiary/aromatic N) is 14. The smallest absolute Gasteiger partial charge is 0.321 e. The van der Waals surface area contributed by atoms with E-state index in [2.05, 4.69) is 196 Å². The van der Waals surface area contributed by atoms with Crippen LogP contribution in [0.5, 0.6) is 0 Å². The number of benzene rings is 9. The lowest BCUT2D eigenvalue weighted by Gasteiger charge is -2.05. The predicted octanol–water partition coefficient (Wildman–Crippen LogP) is 19.2. The van der Waals surface area contributed by atoms with Gasteiger partial charge in [0.05, 0.1) is 39.7 Å². The molecule has 1 amide bonds. The van der Waals surface area contributed by atoms with Crippen molar-refractivity contribution >= 4 is 92.1 Å². The van der Waals surface area contributed by atoms with E-state index in [-0.39, 0.29) is 19.5 Å². The minimum atomic E-state index is -0.145. The second kappa shape index (κ2) is 50.3. The molecule has 119 heavy (non-hydrogen) atoms. The molecule has 0 fully saturated rings. The molecule has 15 aromatic rings. The Morgan fingerprint density at radius 1 is 0.487 bits per heavy atom. The van der Waals surface area contributed by atoms with E-state index < -0.39 is 0 Å². The number of amides is 1. The molecule has 0 saturated carbocycles. The minimum absolute atomic E-state index is 0. The van der Waals surface area contributed by atoms with Crippen LogP contribution in [0.15, 0.2) is 291 Å². The zero-order chi connectivity index (χ0) is 84.1. The summed E-state index contributed by atoms with van der Waals surface area (Å²) >= 11 is 3.23. The van der Waals surface area contributed by atoms with Crippen LogP contribution < -0.4 is 58.5 Å². The highest BCUT2D eigenvalue weighted by Crippen LogP contribution is 2.29. The summed E-state index contributed by atoms with van der Waals surface area (Å²) in [7, 11) is 22.2. The molecule has 1 aliphatic rings. The molecule has 0 aliphatic carbocycles. The number of thiazole rings is 2. The number of H-pyrrole nitrogens is 1. The SMILES string of the molecule is C.CNC(=O)c1cccc(NC)c1.CNc1cc(C)cc(-c2nnnn2C)c1.CNc1cccc(-c2ccn[nH]2)c1.CNc1cccc(-c2ccncc2)c1.CNc1cccc(-c2cscn2)c1.CNc1cccc(-c2cscn2)c1.CNc1cccc(-c2noc(NC)n2)c1.CNc1cccc(C#N)c1.CNc1cccc(C2N=CN=N2)c1. The molecule has 7 heterocycles. The van der Waals surface area contributed by atoms with Crippen molar-refractivity contribution in [2.75, 3.05) is 131 Å². The van der Waals surface area contributed by atoms with Gasteiger partial charge in [0.2, 0.25) is 5.82 Å². The van der Waals surface area contributed by atoms with E-state index in [1.165, 1.54) is 23.0 Å². The molecule has 12 N–H and O–H groups in total. The number of tetrazole rings is 1. The summed E-state index contributed by atoms with van der Waals surface area (Å²) in [6.45, 7) is 2.05. The molecule has 6 aromatic heterocycles. The number of hydrogen-bond donors (Lipinski definition) is 12. The molecule has 16 rings (SSSR count). The van der Waals surface area contributed by atoms with Crippen LogP contribution >= 0.6 is 22.7 Å². The first-order chi connectivity index (χ1) is 57.7. The average Bonchev–Trinajstić information content (AvgIpc) is 1.69. The number of aliphatic imine (C=N–C) groups is 1. The van der Waals surface area contributed by atoms with E-state index in [9.17, 15) is 4.79 Å². The summed E-state index contributed by atoms with van der Waals surface area (Å²) in [4.78, 5) is 31.9. The fourth-order valence-electron chi connectivity index (χ4n) is 10.8. The first-order valence-electron chi connectivity index (χ1n) is 37.2. The number of pyridine rings is 1. The Bertz CT molecular complexity index is 5340. The maximum Gasteiger partial charge on any atom is 0.321 e. The molecule has 0 spiro atoms. The van der Waals surface area contributed by atoms with E-state index in [1.807, 2.05) is 240 Å². The van der Waals surface area contributed by atoms with Crippen LogP contribution in [0, 0.1) is 18.3 Å². The minimum Gasteiger partial charge on any atom is -0.388 e. The zero-order valence-electron chi connectivity index (χ0n) is 68.0. The molecule has 0 radical (unpaired) electrons. The van der Waals surface area contributed by atoms with Gasteiger partial charge in [-0.05, 0) is 180 Å². The summed E-state index contributed by atoms with van der Waals surface area (Å²) in [6.07, 6.45) is 6.70. The molecule has 1 aliphatic heterocycles. The Kier molecular flexibility index (Phi) is 38.6. The topological polar surface area (TPSA) is 360 Å². The fourth-order valence-corrected chi connectivity index (χ4v) is 11.9. The fraction of sp³-hybridized carbons (Fsp3) is 0.169. The number of aromatic amines is 1. The number of rotatable bonds is 18. The van der Waals surface area contributed by atoms with Gasteiger partial charge >= 0.3 is 6.01 Å². The lowest BCUT2D eigenvalue weighted by atomic mass is 10.1. The van der Waals surface area contributed by atoms with E-state index in [0.717, 1.165) is 107 Å². The van der Waals surface area contributed by atoms with Gasteiger partial charge in [-0.15, -0.1) is 32.9 Å². The highest BCUT2D eigenvalue weighted by molar-refractivity contribution is 7.08. The zero-order valence-corrected chi connectivity index (χ0v) is 69.7. The van der Waals surface area contributed by atoms with Gasteiger partial charge in [0, 0.05) is 204 Å². The third-order valence-corrected chi connectivity index (χ3v) is 18.2. The Morgan fingerprint density at radius 3 is 1.45 bits per heavy atom. The molecule has 0 bridgehead atoms. The van der Waals surface area contributed by atoms with Gasteiger partial charge < -0.3 is 63.0 Å². The van der Waals surface area contributed by atoms with Crippen molar-refractivity contribution in [2.24, 2.45) is 22.3 Å². The van der Waals surface area contributed by atoms with Gasteiger partial charge in [-0.25, -0.2) is 19.6 Å². The van der Waals surface area contributed by atoms with E-state index in [1.54, 1.807) is 84.3 Å².